The van der Waals surface area contributed by atoms with Gasteiger partial charge in [-0.15, -0.1) is 0 Å². The molecule has 1 aliphatic carbocycles. The van der Waals surface area contributed by atoms with Crippen molar-refractivity contribution in [2.75, 3.05) is 6.61 Å². The fraction of sp³-hybridized carbons (Fsp3) is 0.400. The average Bonchev–Trinajstić information content (AvgIpc) is 2.88. The highest BCUT2D eigenvalue weighted by molar-refractivity contribution is 5.65. The maximum Gasteiger partial charge on any atom is 0.200 e. The molecule has 2 nitrogen and oxygen atoms in total. The summed E-state index contributed by atoms with van der Waals surface area (Å²) in [4.78, 5) is 0. The second-order valence-corrected chi connectivity index (χ2v) is 9.67. The summed E-state index contributed by atoms with van der Waals surface area (Å²) in [6.07, 6.45) is 3.63. The van der Waals surface area contributed by atoms with Crippen molar-refractivity contribution in [3.8, 4) is 16.9 Å². The van der Waals surface area contributed by atoms with Gasteiger partial charge in [-0.05, 0) is 92.5 Å². The molecule has 0 radical (unpaired) electrons. The van der Waals surface area contributed by atoms with Gasteiger partial charge < -0.3 is 9.84 Å². The fourth-order valence-corrected chi connectivity index (χ4v) is 5.20. The van der Waals surface area contributed by atoms with Crippen molar-refractivity contribution in [3.63, 3.8) is 0 Å². The van der Waals surface area contributed by atoms with Crippen molar-refractivity contribution in [1.29, 1.82) is 0 Å². The zero-order valence-electron chi connectivity index (χ0n) is 20.7. The molecular weight excluding hydrogens is 468 g/mol. The normalized spacial score (nSPS) is 18.8. The summed E-state index contributed by atoms with van der Waals surface area (Å²) < 4.78 is 63.7. The molecule has 192 valence electrons. The number of aliphatic hydroxyl groups excluding tert-OH is 1. The Morgan fingerprint density at radius 1 is 0.833 bits per heavy atom. The van der Waals surface area contributed by atoms with Crippen molar-refractivity contribution in [2.45, 2.75) is 64.4 Å². The van der Waals surface area contributed by atoms with Gasteiger partial charge in [-0.2, -0.15) is 4.39 Å². The van der Waals surface area contributed by atoms with Gasteiger partial charge in [0.25, 0.3) is 0 Å². The summed E-state index contributed by atoms with van der Waals surface area (Å²) in [7, 11) is 0. The predicted octanol–water partition coefficient (Wildman–Crippen LogP) is 8.27. The van der Waals surface area contributed by atoms with Gasteiger partial charge in [-0.25, -0.2) is 13.2 Å². The lowest BCUT2D eigenvalue weighted by atomic mass is 9.76. The van der Waals surface area contributed by atoms with Crippen LogP contribution in [-0.2, 0) is 6.42 Å². The zero-order valence-corrected chi connectivity index (χ0v) is 20.7. The highest BCUT2D eigenvalue weighted by Gasteiger charge is 2.27. The number of benzene rings is 3. The second kappa shape index (κ2) is 11.5. The van der Waals surface area contributed by atoms with Crippen LogP contribution in [0.1, 0.15) is 74.7 Å². The zero-order chi connectivity index (χ0) is 25.8. The van der Waals surface area contributed by atoms with E-state index in [0.717, 1.165) is 32.1 Å². The van der Waals surface area contributed by atoms with Gasteiger partial charge in [-0.1, -0.05) is 42.5 Å². The third-order valence-electron chi connectivity index (χ3n) is 7.35. The molecule has 3 aromatic rings. The van der Waals surface area contributed by atoms with Crippen LogP contribution in [0.15, 0.2) is 48.5 Å². The molecule has 0 aromatic heterocycles. The fourth-order valence-electron chi connectivity index (χ4n) is 5.20. The summed E-state index contributed by atoms with van der Waals surface area (Å²) in [6.45, 7) is 3.63. The molecule has 1 fully saturated rings. The van der Waals surface area contributed by atoms with E-state index in [4.69, 9.17) is 4.74 Å². The lowest BCUT2D eigenvalue weighted by molar-refractivity contribution is 0.199. The summed E-state index contributed by atoms with van der Waals surface area (Å²) in [5.74, 6) is -3.27. The number of ether oxygens (including phenoxy) is 1. The maximum atomic E-state index is 15.1. The first-order chi connectivity index (χ1) is 17.3. The first-order valence-corrected chi connectivity index (χ1v) is 12.7. The van der Waals surface area contributed by atoms with E-state index in [1.807, 2.05) is 0 Å². The van der Waals surface area contributed by atoms with Crippen LogP contribution in [0.25, 0.3) is 11.1 Å². The SMILES string of the molecule is CCOc1ccc(CCC2CCC(c3ccc(-c4ccc(C(C)O)cc4)c(F)c3F)CC2)c(F)c1F. The highest BCUT2D eigenvalue weighted by Crippen LogP contribution is 2.40. The number of rotatable bonds is 8. The smallest absolute Gasteiger partial charge is 0.200 e. The van der Waals surface area contributed by atoms with E-state index in [-0.39, 0.29) is 23.8 Å². The third kappa shape index (κ3) is 5.59. The van der Waals surface area contributed by atoms with E-state index in [0.29, 0.717) is 34.6 Å². The molecule has 1 unspecified atom stereocenters. The standard InChI is InChI=1S/C30H32F4O2/c1-3-36-26-17-14-23(27(31)30(26)34)9-6-19-4-7-21(8-5-19)24-15-16-25(29(33)28(24)32)22-12-10-20(11-13-22)18(2)35/h10-19,21,35H,3-9H2,1-2H3. The molecule has 1 N–H and O–H groups in total. The largest absolute Gasteiger partial charge is 0.491 e. The number of halogens is 4. The predicted molar refractivity (Wildman–Crippen MR) is 133 cm³/mol. The maximum absolute atomic E-state index is 15.1. The van der Waals surface area contributed by atoms with Crippen molar-refractivity contribution < 1.29 is 27.4 Å². The van der Waals surface area contributed by atoms with Crippen LogP contribution in [-0.4, -0.2) is 11.7 Å². The Balaban J connectivity index is 1.37. The molecule has 1 aliphatic rings. The molecule has 36 heavy (non-hydrogen) atoms. The Bertz CT molecular complexity index is 1180. The number of hydrogen-bond donors (Lipinski definition) is 1. The molecule has 0 saturated heterocycles. The van der Waals surface area contributed by atoms with E-state index in [1.54, 1.807) is 56.3 Å². The minimum Gasteiger partial charge on any atom is -0.491 e. The number of hydrogen-bond acceptors (Lipinski definition) is 2. The molecular formula is C30H32F4O2. The van der Waals surface area contributed by atoms with E-state index >= 15 is 4.39 Å². The summed E-state index contributed by atoms with van der Waals surface area (Å²) in [5.41, 5.74) is 2.21. The molecule has 6 heteroatoms. The van der Waals surface area contributed by atoms with Gasteiger partial charge in [0, 0.05) is 5.56 Å². The first kappa shape index (κ1) is 26.2. The van der Waals surface area contributed by atoms with Crippen LogP contribution < -0.4 is 4.74 Å². The second-order valence-electron chi connectivity index (χ2n) is 9.67. The van der Waals surface area contributed by atoms with E-state index in [9.17, 15) is 18.3 Å². The number of aliphatic hydroxyl groups is 1. The third-order valence-corrected chi connectivity index (χ3v) is 7.35. The Hall–Kier alpha value is -2.86. The topological polar surface area (TPSA) is 29.5 Å². The monoisotopic (exact) mass is 500 g/mol. The Morgan fingerprint density at radius 3 is 2.17 bits per heavy atom. The Kier molecular flexibility index (Phi) is 8.35. The molecule has 4 rings (SSSR count). The van der Waals surface area contributed by atoms with Crippen molar-refractivity contribution in [2.24, 2.45) is 5.92 Å². The summed E-state index contributed by atoms with van der Waals surface area (Å²) >= 11 is 0. The van der Waals surface area contributed by atoms with Crippen LogP contribution in [0.2, 0.25) is 0 Å². The Labute approximate surface area is 209 Å². The van der Waals surface area contributed by atoms with Crippen LogP contribution >= 0.6 is 0 Å². The van der Waals surface area contributed by atoms with E-state index in [2.05, 4.69) is 0 Å². The lowest BCUT2D eigenvalue weighted by Crippen LogP contribution is -2.16. The molecule has 3 aromatic carbocycles. The van der Waals surface area contributed by atoms with Crippen LogP contribution in [0.5, 0.6) is 5.75 Å². The molecule has 1 saturated carbocycles. The molecule has 0 amide bonds. The van der Waals surface area contributed by atoms with Crippen LogP contribution in [0.3, 0.4) is 0 Å². The van der Waals surface area contributed by atoms with Gasteiger partial charge in [0.05, 0.1) is 12.7 Å². The van der Waals surface area contributed by atoms with Gasteiger partial charge in [-0.3, -0.25) is 0 Å². The molecule has 0 aliphatic heterocycles. The highest BCUT2D eigenvalue weighted by atomic mass is 19.2. The summed E-state index contributed by atoms with van der Waals surface area (Å²) in [5, 5.41) is 9.66. The van der Waals surface area contributed by atoms with Gasteiger partial charge in [0.2, 0.25) is 5.82 Å². The van der Waals surface area contributed by atoms with Crippen LogP contribution in [0, 0.1) is 29.2 Å². The van der Waals surface area contributed by atoms with Crippen molar-refractivity contribution in [3.05, 3.63) is 88.5 Å². The van der Waals surface area contributed by atoms with Crippen molar-refractivity contribution in [1.82, 2.24) is 0 Å². The number of aryl methyl sites for hydroxylation is 1. The first-order valence-electron chi connectivity index (χ1n) is 12.7. The van der Waals surface area contributed by atoms with E-state index in [1.165, 1.54) is 6.07 Å². The minimum absolute atomic E-state index is 0.0675. The minimum atomic E-state index is -0.946. The Morgan fingerprint density at radius 2 is 1.53 bits per heavy atom. The molecule has 0 bridgehead atoms. The van der Waals surface area contributed by atoms with Gasteiger partial charge >= 0.3 is 0 Å². The lowest BCUT2D eigenvalue weighted by Gasteiger charge is -2.29. The molecule has 0 heterocycles. The van der Waals surface area contributed by atoms with Crippen LogP contribution in [0.4, 0.5) is 17.6 Å². The van der Waals surface area contributed by atoms with Gasteiger partial charge in [0.1, 0.15) is 0 Å². The van der Waals surface area contributed by atoms with E-state index < -0.39 is 29.4 Å². The van der Waals surface area contributed by atoms with Crippen molar-refractivity contribution >= 4 is 0 Å². The van der Waals surface area contributed by atoms with Gasteiger partial charge in [0.15, 0.2) is 23.2 Å². The molecule has 1 atom stereocenters. The summed E-state index contributed by atoms with van der Waals surface area (Å²) in [6, 6.07) is 13.1. The average molecular weight is 501 g/mol. The molecule has 0 spiro atoms. The quantitative estimate of drug-likeness (QED) is 0.316.